The van der Waals surface area contributed by atoms with Gasteiger partial charge in [-0.15, -0.1) is 0 Å². The van der Waals surface area contributed by atoms with Crippen LogP contribution in [0.2, 0.25) is 10.0 Å². The molecule has 0 saturated carbocycles. The van der Waals surface area contributed by atoms with Gasteiger partial charge in [-0.3, -0.25) is 0 Å². The average Bonchev–Trinajstić information content (AvgIpc) is 1.99. The molecule has 4 heteroatoms. The molecule has 0 saturated heterocycles. The standard InChI is InChI=1S/C7H7Cl2NO/c1-11-7-4(8)2-3-5(10)6(7)9/h2-3H,10H2,1H3. The fourth-order valence-corrected chi connectivity index (χ4v) is 1.26. The third kappa shape index (κ3) is 1.52. The number of hydrogen-bond acceptors (Lipinski definition) is 2. The van der Waals surface area contributed by atoms with Crippen molar-refractivity contribution in [1.29, 1.82) is 0 Å². The highest BCUT2D eigenvalue weighted by molar-refractivity contribution is 6.38. The summed E-state index contributed by atoms with van der Waals surface area (Å²) in [7, 11) is 1.49. The lowest BCUT2D eigenvalue weighted by Crippen LogP contribution is -1.91. The van der Waals surface area contributed by atoms with E-state index in [2.05, 4.69) is 0 Å². The summed E-state index contributed by atoms with van der Waals surface area (Å²) in [6.45, 7) is 0. The van der Waals surface area contributed by atoms with Crippen LogP contribution in [0.15, 0.2) is 12.1 Å². The van der Waals surface area contributed by atoms with Crippen molar-refractivity contribution in [3.63, 3.8) is 0 Å². The molecule has 0 atom stereocenters. The van der Waals surface area contributed by atoms with Crippen molar-refractivity contribution in [2.75, 3.05) is 12.8 Å². The molecule has 0 unspecified atom stereocenters. The molecule has 0 radical (unpaired) electrons. The molecule has 0 amide bonds. The molecule has 0 fully saturated rings. The molecule has 0 aliphatic rings. The van der Waals surface area contributed by atoms with Gasteiger partial charge in [-0.1, -0.05) is 23.2 Å². The first-order chi connectivity index (χ1) is 5.16. The van der Waals surface area contributed by atoms with Crippen LogP contribution in [0.1, 0.15) is 0 Å². The summed E-state index contributed by atoms with van der Waals surface area (Å²) in [5.41, 5.74) is 5.96. The number of hydrogen-bond donors (Lipinski definition) is 1. The maximum Gasteiger partial charge on any atom is 0.158 e. The van der Waals surface area contributed by atoms with Crippen molar-refractivity contribution in [3.8, 4) is 5.75 Å². The first-order valence-electron chi connectivity index (χ1n) is 2.94. The van der Waals surface area contributed by atoms with Gasteiger partial charge in [0.2, 0.25) is 0 Å². The van der Waals surface area contributed by atoms with Crippen molar-refractivity contribution in [1.82, 2.24) is 0 Å². The lowest BCUT2D eigenvalue weighted by atomic mass is 10.3. The molecule has 0 bridgehead atoms. The van der Waals surface area contributed by atoms with E-state index in [4.69, 9.17) is 33.7 Å². The average molecular weight is 192 g/mol. The van der Waals surface area contributed by atoms with Crippen molar-refractivity contribution in [3.05, 3.63) is 22.2 Å². The largest absolute Gasteiger partial charge is 0.494 e. The minimum absolute atomic E-state index is 0.361. The normalized spacial score (nSPS) is 9.73. The van der Waals surface area contributed by atoms with Gasteiger partial charge in [0, 0.05) is 0 Å². The van der Waals surface area contributed by atoms with E-state index in [1.807, 2.05) is 0 Å². The molecule has 11 heavy (non-hydrogen) atoms. The zero-order valence-corrected chi connectivity index (χ0v) is 7.41. The molecule has 0 heterocycles. The van der Waals surface area contributed by atoms with Crippen molar-refractivity contribution < 1.29 is 4.74 Å². The van der Waals surface area contributed by atoms with Gasteiger partial charge in [-0.05, 0) is 12.1 Å². The van der Waals surface area contributed by atoms with E-state index in [0.717, 1.165) is 0 Å². The Kier molecular flexibility index (Phi) is 2.47. The second-order valence-electron chi connectivity index (χ2n) is 1.98. The third-order valence-corrected chi connectivity index (χ3v) is 1.97. The summed E-state index contributed by atoms with van der Waals surface area (Å²) in [5, 5.41) is 0.826. The van der Waals surface area contributed by atoms with Gasteiger partial charge in [-0.25, -0.2) is 0 Å². The van der Waals surface area contributed by atoms with E-state index in [1.54, 1.807) is 12.1 Å². The van der Waals surface area contributed by atoms with Crippen LogP contribution in [-0.4, -0.2) is 7.11 Å². The van der Waals surface area contributed by atoms with Crippen LogP contribution in [-0.2, 0) is 0 Å². The van der Waals surface area contributed by atoms with Crippen LogP contribution in [0.3, 0.4) is 0 Å². The zero-order chi connectivity index (χ0) is 8.43. The summed E-state index contributed by atoms with van der Waals surface area (Å²) >= 11 is 11.5. The summed E-state index contributed by atoms with van der Waals surface area (Å²) in [4.78, 5) is 0. The molecule has 60 valence electrons. The van der Waals surface area contributed by atoms with Gasteiger partial charge in [0.15, 0.2) is 5.75 Å². The van der Waals surface area contributed by atoms with Gasteiger partial charge < -0.3 is 10.5 Å². The molecule has 0 aliphatic heterocycles. The smallest absolute Gasteiger partial charge is 0.158 e. The van der Waals surface area contributed by atoms with Crippen LogP contribution in [0.25, 0.3) is 0 Å². The number of ether oxygens (including phenoxy) is 1. The minimum Gasteiger partial charge on any atom is -0.494 e. The van der Waals surface area contributed by atoms with Crippen LogP contribution >= 0.6 is 23.2 Å². The Morgan fingerprint density at radius 3 is 2.45 bits per heavy atom. The van der Waals surface area contributed by atoms with Crippen LogP contribution in [0, 0.1) is 0 Å². The molecular formula is C7H7Cl2NO. The number of nitrogens with two attached hydrogens (primary N) is 1. The minimum atomic E-state index is 0.361. The summed E-state index contributed by atoms with van der Waals surface area (Å²) < 4.78 is 4.91. The van der Waals surface area contributed by atoms with Crippen molar-refractivity contribution in [2.24, 2.45) is 0 Å². The van der Waals surface area contributed by atoms with Crippen LogP contribution in [0.5, 0.6) is 5.75 Å². The van der Waals surface area contributed by atoms with Gasteiger partial charge in [0.25, 0.3) is 0 Å². The predicted octanol–water partition coefficient (Wildman–Crippen LogP) is 2.58. The first-order valence-corrected chi connectivity index (χ1v) is 3.70. The highest BCUT2D eigenvalue weighted by Crippen LogP contribution is 2.36. The molecule has 0 aromatic heterocycles. The van der Waals surface area contributed by atoms with Gasteiger partial charge >= 0.3 is 0 Å². The number of rotatable bonds is 1. The number of methoxy groups -OCH3 is 1. The van der Waals surface area contributed by atoms with E-state index < -0.39 is 0 Å². The Bertz CT molecular complexity index is 275. The quantitative estimate of drug-likeness (QED) is 0.694. The SMILES string of the molecule is COc1c(Cl)ccc(N)c1Cl. The lowest BCUT2D eigenvalue weighted by Gasteiger charge is -2.06. The maximum absolute atomic E-state index is 5.76. The third-order valence-electron chi connectivity index (χ3n) is 1.28. The zero-order valence-electron chi connectivity index (χ0n) is 5.90. The Balaban J connectivity index is 3.29. The number of benzene rings is 1. The molecule has 1 aromatic rings. The van der Waals surface area contributed by atoms with E-state index in [-0.39, 0.29) is 0 Å². The number of anilines is 1. The topological polar surface area (TPSA) is 35.2 Å². The molecule has 1 aromatic carbocycles. The predicted molar refractivity (Wildman–Crippen MR) is 47.4 cm³/mol. The lowest BCUT2D eigenvalue weighted by molar-refractivity contribution is 0.415. The summed E-state index contributed by atoms with van der Waals surface area (Å²) in [5.74, 6) is 0.424. The van der Waals surface area contributed by atoms with Gasteiger partial charge in [0.1, 0.15) is 5.02 Å². The van der Waals surface area contributed by atoms with Gasteiger partial charge in [0.05, 0.1) is 17.8 Å². The number of nitrogen functional groups attached to an aromatic ring is 1. The summed E-state index contributed by atoms with van der Waals surface area (Å²) in [6.07, 6.45) is 0. The van der Waals surface area contributed by atoms with Gasteiger partial charge in [-0.2, -0.15) is 0 Å². The van der Waals surface area contributed by atoms with E-state index >= 15 is 0 Å². The maximum atomic E-state index is 5.76. The second-order valence-corrected chi connectivity index (χ2v) is 2.77. The van der Waals surface area contributed by atoms with Crippen LogP contribution in [0.4, 0.5) is 5.69 Å². The summed E-state index contributed by atoms with van der Waals surface area (Å²) in [6, 6.07) is 3.27. The fraction of sp³-hybridized carbons (Fsp3) is 0.143. The Labute approximate surface area is 74.9 Å². The highest BCUT2D eigenvalue weighted by Gasteiger charge is 2.07. The van der Waals surface area contributed by atoms with Crippen molar-refractivity contribution in [2.45, 2.75) is 0 Å². The van der Waals surface area contributed by atoms with E-state index in [1.165, 1.54) is 7.11 Å². The molecule has 1 rings (SSSR count). The molecule has 2 nitrogen and oxygen atoms in total. The Morgan fingerprint density at radius 2 is 2.00 bits per heavy atom. The fourth-order valence-electron chi connectivity index (χ4n) is 0.735. The monoisotopic (exact) mass is 191 g/mol. The van der Waals surface area contributed by atoms with Crippen molar-refractivity contribution >= 4 is 28.9 Å². The molecule has 2 N–H and O–H groups in total. The molecular weight excluding hydrogens is 185 g/mol. The van der Waals surface area contributed by atoms with Crippen LogP contribution < -0.4 is 10.5 Å². The first kappa shape index (κ1) is 8.50. The highest BCUT2D eigenvalue weighted by atomic mass is 35.5. The Hall–Kier alpha value is -0.600. The van der Waals surface area contributed by atoms with E-state index in [9.17, 15) is 0 Å². The number of halogens is 2. The molecule has 0 aliphatic carbocycles. The Morgan fingerprint density at radius 1 is 1.36 bits per heavy atom. The molecule has 0 spiro atoms. The second kappa shape index (κ2) is 3.20. The van der Waals surface area contributed by atoms with E-state index in [0.29, 0.717) is 21.5 Å².